The highest BCUT2D eigenvalue weighted by atomic mass is 32.1. The predicted octanol–water partition coefficient (Wildman–Crippen LogP) is 4.47. The zero-order chi connectivity index (χ0) is 28.5. The van der Waals surface area contributed by atoms with E-state index in [-0.39, 0.29) is 30.8 Å². The molecule has 0 radical (unpaired) electrons. The average Bonchev–Trinajstić information content (AvgIpc) is 3.42. The second kappa shape index (κ2) is 11.6. The third-order valence-electron chi connectivity index (χ3n) is 9.01. The molecule has 2 saturated heterocycles. The Labute approximate surface area is 251 Å². The zero-order valence-electron chi connectivity index (χ0n) is 23.6. The van der Waals surface area contributed by atoms with Crippen LogP contribution in [0.15, 0.2) is 91.0 Å². The molecule has 3 aromatic carbocycles. The molecule has 216 valence electrons. The van der Waals surface area contributed by atoms with E-state index in [4.69, 9.17) is 10.5 Å². The summed E-state index contributed by atoms with van der Waals surface area (Å²) in [5, 5.41) is 8.13. The summed E-state index contributed by atoms with van der Waals surface area (Å²) in [4.78, 5) is 21.7. The number of hydrogen-bond acceptors (Lipinski definition) is 7. The SMILES string of the molecule is Nc1nc2c(s1)CC(NC1OC1[C@@H]1CCCN1C(=O)CNC(c1ccccc1)(c1ccccc1)c1ccccc1)CC2. The summed E-state index contributed by atoms with van der Waals surface area (Å²) in [6.07, 6.45) is 4.91. The van der Waals surface area contributed by atoms with Gasteiger partial charge in [-0.3, -0.25) is 15.4 Å². The van der Waals surface area contributed by atoms with Crippen LogP contribution in [-0.4, -0.2) is 53.3 Å². The van der Waals surface area contributed by atoms with Crippen LogP contribution in [0.5, 0.6) is 0 Å². The van der Waals surface area contributed by atoms with Crippen molar-refractivity contribution in [3.8, 4) is 0 Å². The Morgan fingerprint density at radius 3 is 2.19 bits per heavy atom. The maximum atomic E-state index is 13.9. The second-order valence-electron chi connectivity index (χ2n) is 11.5. The van der Waals surface area contributed by atoms with Crippen LogP contribution in [0, 0.1) is 0 Å². The molecule has 2 fully saturated rings. The van der Waals surface area contributed by atoms with Crippen molar-refractivity contribution in [1.82, 2.24) is 20.5 Å². The third kappa shape index (κ3) is 5.24. The van der Waals surface area contributed by atoms with Crippen LogP contribution >= 0.6 is 11.3 Å². The number of hydrogen-bond donors (Lipinski definition) is 3. The normalized spacial score (nSPS) is 23.5. The first-order valence-electron chi connectivity index (χ1n) is 15.0. The number of nitrogens with zero attached hydrogens (tertiary/aromatic N) is 2. The monoisotopic (exact) mass is 579 g/mol. The minimum atomic E-state index is -0.672. The van der Waals surface area contributed by atoms with E-state index < -0.39 is 5.54 Å². The van der Waals surface area contributed by atoms with Gasteiger partial charge in [-0.2, -0.15) is 0 Å². The first kappa shape index (κ1) is 27.3. The molecule has 1 amide bonds. The van der Waals surface area contributed by atoms with E-state index in [2.05, 4.69) is 88.4 Å². The molecule has 1 aromatic heterocycles. The van der Waals surface area contributed by atoms with Gasteiger partial charge in [0.2, 0.25) is 5.91 Å². The van der Waals surface area contributed by atoms with Crippen LogP contribution in [0.2, 0.25) is 0 Å². The maximum absolute atomic E-state index is 13.9. The number of epoxide rings is 1. The van der Waals surface area contributed by atoms with Crippen LogP contribution in [0.1, 0.15) is 46.5 Å². The van der Waals surface area contributed by atoms with Gasteiger partial charge in [-0.25, -0.2) is 4.98 Å². The van der Waals surface area contributed by atoms with Crippen molar-refractivity contribution in [2.24, 2.45) is 0 Å². The lowest BCUT2D eigenvalue weighted by atomic mass is 9.77. The number of ether oxygens (including phenoxy) is 1. The van der Waals surface area contributed by atoms with Crippen molar-refractivity contribution >= 4 is 22.4 Å². The second-order valence-corrected chi connectivity index (χ2v) is 12.7. The smallest absolute Gasteiger partial charge is 0.236 e. The number of nitrogens with two attached hydrogens (primary N) is 1. The molecule has 1 aliphatic carbocycles. The van der Waals surface area contributed by atoms with Crippen molar-refractivity contribution in [3.05, 3.63) is 118 Å². The van der Waals surface area contributed by atoms with Crippen LogP contribution in [0.25, 0.3) is 0 Å². The van der Waals surface area contributed by atoms with Crippen molar-refractivity contribution in [2.45, 2.75) is 62.1 Å². The number of aryl methyl sites for hydroxylation is 1. The molecule has 4 N–H and O–H groups in total. The number of amides is 1. The van der Waals surface area contributed by atoms with Crippen LogP contribution in [-0.2, 0) is 27.9 Å². The van der Waals surface area contributed by atoms with Crippen LogP contribution in [0.4, 0.5) is 5.13 Å². The van der Waals surface area contributed by atoms with E-state index >= 15 is 0 Å². The van der Waals surface area contributed by atoms with Gasteiger partial charge in [0.25, 0.3) is 0 Å². The van der Waals surface area contributed by atoms with E-state index in [0.29, 0.717) is 11.2 Å². The first-order chi connectivity index (χ1) is 20.6. The Morgan fingerprint density at radius 1 is 0.952 bits per heavy atom. The highest BCUT2D eigenvalue weighted by molar-refractivity contribution is 7.15. The number of carbonyl (C=O) groups excluding carboxylic acids is 1. The van der Waals surface area contributed by atoms with Crippen LogP contribution in [0.3, 0.4) is 0 Å². The summed E-state index contributed by atoms with van der Waals surface area (Å²) < 4.78 is 6.17. The van der Waals surface area contributed by atoms with Crippen molar-refractivity contribution in [2.75, 3.05) is 18.8 Å². The number of likely N-dealkylation sites (tertiary alicyclic amines) is 1. The molecule has 3 unspecified atom stereocenters. The van der Waals surface area contributed by atoms with E-state index in [0.717, 1.165) is 61.0 Å². The summed E-state index contributed by atoms with van der Waals surface area (Å²) in [5.41, 5.74) is 9.71. The van der Waals surface area contributed by atoms with Crippen molar-refractivity contribution in [1.29, 1.82) is 0 Å². The maximum Gasteiger partial charge on any atom is 0.236 e. The lowest BCUT2D eigenvalue weighted by molar-refractivity contribution is -0.131. The predicted molar refractivity (Wildman–Crippen MR) is 166 cm³/mol. The molecule has 4 atom stereocenters. The molecule has 3 aliphatic rings. The molecule has 8 heteroatoms. The number of nitrogens with one attached hydrogen (secondary N) is 2. The van der Waals surface area contributed by atoms with E-state index in [1.54, 1.807) is 11.3 Å². The van der Waals surface area contributed by atoms with Gasteiger partial charge in [-0.05, 0) is 48.8 Å². The van der Waals surface area contributed by atoms with Crippen molar-refractivity contribution in [3.63, 3.8) is 0 Å². The Kier molecular flexibility index (Phi) is 7.54. The van der Waals surface area contributed by atoms with Gasteiger partial charge in [0.05, 0.1) is 23.8 Å². The molecule has 0 bridgehead atoms. The van der Waals surface area contributed by atoms with E-state index in [9.17, 15) is 4.79 Å². The minimum Gasteiger partial charge on any atom is -0.375 e. The summed E-state index contributed by atoms with van der Waals surface area (Å²) in [6.45, 7) is 0.984. The quantitative estimate of drug-likeness (QED) is 0.200. The average molecular weight is 580 g/mol. The van der Waals surface area contributed by atoms with Gasteiger partial charge < -0.3 is 15.4 Å². The number of aromatic nitrogens is 1. The summed E-state index contributed by atoms with van der Waals surface area (Å²) in [6, 6.07) is 31.7. The number of fused-ring (bicyclic) bond motifs is 1. The van der Waals surface area contributed by atoms with Gasteiger partial charge in [-0.15, -0.1) is 11.3 Å². The molecule has 2 aliphatic heterocycles. The standard InChI is InChI=1S/C34H37N5O2S/c35-33-38-27-19-18-26(21-29(27)42-33)37-32-31(41-32)28-17-10-20-39(28)30(40)22-36-34(23-11-4-1-5-12-23,24-13-6-2-7-14-24)25-15-8-3-9-16-25/h1-9,11-16,26,28,31-32,36-37H,10,17-22H2,(H2,35,38)/t26?,28-,31?,32?/m0/s1. The van der Waals surface area contributed by atoms with Gasteiger partial charge in [0.1, 0.15) is 12.3 Å². The lowest BCUT2D eigenvalue weighted by Gasteiger charge is -2.37. The van der Waals surface area contributed by atoms with Crippen molar-refractivity contribution < 1.29 is 9.53 Å². The first-order valence-corrected chi connectivity index (χ1v) is 15.8. The lowest BCUT2D eigenvalue weighted by Crippen LogP contribution is -2.51. The summed E-state index contributed by atoms with van der Waals surface area (Å²) >= 11 is 1.60. The third-order valence-corrected chi connectivity index (χ3v) is 9.95. The molecule has 7 nitrogen and oxygen atoms in total. The molecule has 42 heavy (non-hydrogen) atoms. The van der Waals surface area contributed by atoms with E-state index in [1.165, 1.54) is 4.88 Å². The largest absolute Gasteiger partial charge is 0.375 e. The Balaban J connectivity index is 1.07. The number of nitrogen functional groups attached to an aromatic ring is 1. The fourth-order valence-corrected chi connectivity index (χ4v) is 7.90. The van der Waals surface area contributed by atoms with E-state index in [1.807, 2.05) is 23.1 Å². The number of anilines is 1. The van der Waals surface area contributed by atoms with Gasteiger partial charge >= 0.3 is 0 Å². The molecular weight excluding hydrogens is 542 g/mol. The zero-order valence-corrected chi connectivity index (χ0v) is 24.4. The van der Waals surface area contributed by atoms with Gasteiger partial charge in [0.15, 0.2) is 5.13 Å². The van der Waals surface area contributed by atoms with Gasteiger partial charge in [-0.1, -0.05) is 91.0 Å². The van der Waals surface area contributed by atoms with Gasteiger partial charge in [0, 0.05) is 17.5 Å². The molecule has 0 spiro atoms. The number of rotatable bonds is 9. The van der Waals surface area contributed by atoms with Crippen LogP contribution < -0.4 is 16.4 Å². The number of carbonyl (C=O) groups is 1. The Morgan fingerprint density at radius 2 is 1.57 bits per heavy atom. The minimum absolute atomic E-state index is 0.00905. The Bertz CT molecular complexity index is 1420. The Hall–Kier alpha value is -3.56. The topological polar surface area (TPSA) is 95.8 Å². The fraction of sp³-hybridized carbons (Fsp3) is 0.353. The fourth-order valence-electron chi connectivity index (χ4n) is 6.94. The molecular formula is C34H37N5O2S. The summed E-state index contributed by atoms with van der Waals surface area (Å²) in [7, 11) is 0. The molecule has 7 rings (SSSR count). The molecule has 3 heterocycles. The highest BCUT2D eigenvalue weighted by Gasteiger charge is 2.50. The number of benzene rings is 3. The molecule has 0 saturated carbocycles. The summed E-state index contributed by atoms with van der Waals surface area (Å²) in [5.74, 6) is 0.112. The number of thiazole rings is 1. The molecule has 4 aromatic rings. The highest BCUT2D eigenvalue weighted by Crippen LogP contribution is 2.38.